The number of aromatic hydroxyl groups is 1. The molecule has 18 heavy (non-hydrogen) atoms. The van der Waals surface area contributed by atoms with Crippen molar-refractivity contribution < 1.29 is 14.3 Å². The van der Waals surface area contributed by atoms with E-state index in [4.69, 9.17) is 0 Å². The Balaban J connectivity index is 2.15. The second-order valence-electron chi connectivity index (χ2n) is 3.29. The highest BCUT2D eigenvalue weighted by atomic mass is 127. The Bertz CT molecular complexity index is 562. The van der Waals surface area contributed by atoms with Crippen LogP contribution >= 0.6 is 34.4 Å². The fourth-order valence-electron chi connectivity index (χ4n) is 1.18. The minimum atomic E-state index is -0.684. The molecule has 0 saturated carbocycles. The third-order valence-corrected chi connectivity index (χ3v) is 3.73. The van der Waals surface area contributed by atoms with Crippen molar-refractivity contribution in [2.75, 3.05) is 5.75 Å². The molecule has 94 valence electrons. The highest BCUT2D eigenvalue weighted by Crippen LogP contribution is 2.24. The molecule has 0 atom stereocenters. The molecule has 2 rings (SSSR count). The molecule has 1 amide bonds. The smallest absolute Gasteiger partial charge is 0.236 e. The standard InChI is InChI=1S/C10H7FIN3O2S/c11-8-6(12)2-1-5(9(8)17)3-13-15-10-14-7(16)4-18-10/h1-3,17H,4H2,(H,14,15,16). The van der Waals surface area contributed by atoms with Gasteiger partial charge in [-0.2, -0.15) is 5.10 Å². The van der Waals surface area contributed by atoms with Gasteiger partial charge >= 0.3 is 0 Å². The van der Waals surface area contributed by atoms with Crippen molar-refractivity contribution in [3.63, 3.8) is 0 Å². The van der Waals surface area contributed by atoms with Crippen LogP contribution in [0.5, 0.6) is 5.75 Å². The zero-order chi connectivity index (χ0) is 13.1. The number of rotatable bonds is 2. The Morgan fingerprint density at radius 3 is 3.00 bits per heavy atom. The first kappa shape index (κ1) is 13.3. The lowest BCUT2D eigenvalue weighted by Gasteiger charge is -2.00. The average molecular weight is 379 g/mol. The molecule has 1 saturated heterocycles. The monoisotopic (exact) mass is 379 g/mol. The van der Waals surface area contributed by atoms with Crippen molar-refractivity contribution in [3.8, 4) is 5.75 Å². The molecule has 0 aliphatic carbocycles. The van der Waals surface area contributed by atoms with Crippen LogP contribution in [0.2, 0.25) is 0 Å². The Labute approximate surface area is 120 Å². The van der Waals surface area contributed by atoms with Crippen LogP contribution in [0.15, 0.2) is 22.3 Å². The van der Waals surface area contributed by atoms with Gasteiger partial charge < -0.3 is 10.4 Å². The molecule has 1 aromatic carbocycles. The summed E-state index contributed by atoms with van der Waals surface area (Å²) < 4.78 is 13.7. The summed E-state index contributed by atoms with van der Waals surface area (Å²) in [4.78, 5) is 10.9. The number of hydrogen-bond acceptors (Lipinski definition) is 5. The summed E-state index contributed by atoms with van der Waals surface area (Å²) in [6, 6.07) is 3.06. The first-order valence-corrected chi connectivity index (χ1v) is 6.85. The van der Waals surface area contributed by atoms with Crippen molar-refractivity contribution in [2.24, 2.45) is 10.2 Å². The van der Waals surface area contributed by atoms with Crippen LogP contribution in [0.4, 0.5) is 4.39 Å². The topological polar surface area (TPSA) is 74.0 Å². The van der Waals surface area contributed by atoms with Crippen LogP contribution in [0.1, 0.15) is 5.56 Å². The van der Waals surface area contributed by atoms with E-state index in [1.807, 2.05) is 0 Å². The van der Waals surface area contributed by atoms with Gasteiger partial charge in [0, 0.05) is 5.56 Å². The minimum Gasteiger partial charge on any atom is -0.504 e. The highest BCUT2D eigenvalue weighted by Gasteiger charge is 2.16. The van der Waals surface area contributed by atoms with E-state index in [0.29, 0.717) is 14.5 Å². The van der Waals surface area contributed by atoms with E-state index < -0.39 is 11.6 Å². The van der Waals surface area contributed by atoms with Gasteiger partial charge in [0.25, 0.3) is 0 Å². The largest absolute Gasteiger partial charge is 0.504 e. The fourth-order valence-corrected chi connectivity index (χ4v) is 2.25. The Kier molecular flexibility index (Phi) is 4.17. The third-order valence-electron chi connectivity index (χ3n) is 2.03. The van der Waals surface area contributed by atoms with Crippen molar-refractivity contribution in [1.29, 1.82) is 0 Å². The molecule has 1 fully saturated rings. The van der Waals surface area contributed by atoms with E-state index in [1.165, 1.54) is 30.1 Å². The molecule has 0 spiro atoms. The van der Waals surface area contributed by atoms with Gasteiger partial charge in [-0.25, -0.2) is 4.39 Å². The Morgan fingerprint density at radius 1 is 1.56 bits per heavy atom. The van der Waals surface area contributed by atoms with E-state index in [2.05, 4.69) is 15.5 Å². The maximum absolute atomic E-state index is 13.4. The van der Waals surface area contributed by atoms with E-state index in [0.717, 1.165) is 0 Å². The van der Waals surface area contributed by atoms with Crippen LogP contribution < -0.4 is 5.32 Å². The molecule has 8 heteroatoms. The lowest BCUT2D eigenvalue weighted by atomic mass is 10.2. The molecule has 1 aliphatic rings. The second-order valence-corrected chi connectivity index (χ2v) is 5.41. The van der Waals surface area contributed by atoms with Gasteiger partial charge in [0.1, 0.15) is 0 Å². The zero-order valence-corrected chi connectivity index (χ0v) is 11.8. The lowest BCUT2D eigenvalue weighted by Crippen LogP contribution is -2.19. The molecule has 5 nitrogen and oxygen atoms in total. The summed E-state index contributed by atoms with van der Waals surface area (Å²) in [5, 5.41) is 19.8. The van der Waals surface area contributed by atoms with Crippen molar-refractivity contribution >= 4 is 51.6 Å². The molecule has 0 aromatic heterocycles. The number of benzene rings is 1. The summed E-state index contributed by atoms with van der Waals surface area (Å²) in [7, 11) is 0. The highest BCUT2D eigenvalue weighted by molar-refractivity contribution is 14.1. The van der Waals surface area contributed by atoms with E-state index >= 15 is 0 Å². The number of amidine groups is 1. The number of amides is 1. The lowest BCUT2D eigenvalue weighted by molar-refractivity contribution is -0.116. The van der Waals surface area contributed by atoms with E-state index in [9.17, 15) is 14.3 Å². The van der Waals surface area contributed by atoms with Gasteiger partial charge in [-0.1, -0.05) is 11.8 Å². The van der Waals surface area contributed by atoms with Crippen molar-refractivity contribution in [3.05, 3.63) is 27.1 Å². The molecule has 1 heterocycles. The van der Waals surface area contributed by atoms with Crippen LogP contribution in [0, 0.1) is 9.39 Å². The van der Waals surface area contributed by atoms with Gasteiger partial charge in [0.15, 0.2) is 16.7 Å². The predicted molar refractivity (Wildman–Crippen MR) is 76.4 cm³/mol. The number of phenols is 1. The Morgan fingerprint density at radius 2 is 2.33 bits per heavy atom. The fraction of sp³-hybridized carbons (Fsp3) is 0.100. The normalized spacial score (nSPS) is 17.7. The quantitative estimate of drug-likeness (QED) is 0.467. The molecule has 1 aliphatic heterocycles. The second kappa shape index (κ2) is 5.65. The number of phenolic OH excluding ortho intramolecular Hbond substituents is 1. The number of carbonyl (C=O) groups is 1. The number of hydrogen-bond donors (Lipinski definition) is 2. The Hall–Kier alpha value is -1.16. The van der Waals surface area contributed by atoms with E-state index in [1.54, 1.807) is 22.6 Å². The molecule has 0 bridgehead atoms. The number of halogens is 2. The summed E-state index contributed by atoms with van der Waals surface area (Å²) >= 11 is 3.01. The van der Waals surface area contributed by atoms with Crippen molar-refractivity contribution in [1.82, 2.24) is 5.32 Å². The SMILES string of the molecule is O=C1CSC(=NN=Cc2ccc(I)c(F)c2O)N1. The van der Waals surface area contributed by atoms with Crippen LogP contribution in [-0.4, -0.2) is 28.1 Å². The summed E-state index contributed by atoms with van der Waals surface area (Å²) in [5.41, 5.74) is 0.228. The molecular weight excluding hydrogens is 372 g/mol. The number of carbonyl (C=O) groups excluding carboxylic acids is 1. The number of nitrogens with zero attached hydrogens (tertiary/aromatic N) is 2. The van der Waals surface area contributed by atoms with Crippen LogP contribution in [0.3, 0.4) is 0 Å². The van der Waals surface area contributed by atoms with Crippen LogP contribution in [-0.2, 0) is 4.79 Å². The molecular formula is C10H7FIN3O2S. The van der Waals surface area contributed by atoms with E-state index in [-0.39, 0.29) is 11.5 Å². The molecule has 0 radical (unpaired) electrons. The third kappa shape index (κ3) is 2.99. The van der Waals surface area contributed by atoms with Gasteiger partial charge in [0.05, 0.1) is 15.5 Å². The zero-order valence-electron chi connectivity index (χ0n) is 8.85. The summed E-state index contributed by atoms with van der Waals surface area (Å²) in [6.45, 7) is 0. The van der Waals surface area contributed by atoms with Gasteiger partial charge in [-0.15, -0.1) is 5.10 Å². The average Bonchev–Trinajstić information content (AvgIpc) is 2.75. The maximum atomic E-state index is 13.4. The first-order chi connectivity index (χ1) is 8.58. The molecule has 0 unspecified atom stereocenters. The molecule has 2 N–H and O–H groups in total. The van der Waals surface area contributed by atoms with Gasteiger partial charge in [-0.05, 0) is 34.7 Å². The van der Waals surface area contributed by atoms with Gasteiger partial charge in [0.2, 0.25) is 5.91 Å². The minimum absolute atomic E-state index is 0.128. The van der Waals surface area contributed by atoms with Crippen molar-refractivity contribution in [2.45, 2.75) is 0 Å². The maximum Gasteiger partial charge on any atom is 0.236 e. The number of thioether (sulfide) groups is 1. The number of nitrogens with one attached hydrogen (secondary N) is 1. The first-order valence-electron chi connectivity index (χ1n) is 4.78. The van der Waals surface area contributed by atoms with Gasteiger partial charge in [-0.3, -0.25) is 4.79 Å². The van der Waals surface area contributed by atoms with Crippen LogP contribution in [0.25, 0.3) is 0 Å². The summed E-state index contributed by atoms with van der Waals surface area (Å²) in [6.07, 6.45) is 1.23. The summed E-state index contributed by atoms with van der Waals surface area (Å²) in [5.74, 6) is -0.959. The predicted octanol–water partition coefficient (Wildman–Crippen LogP) is 1.69. The molecule has 1 aromatic rings.